The number of fused-ring (bicyclic) bond motifs is 1. The lowest BCUT2D eigenvalue weighted by molar-refractivity contribution is 0.102. The molecular weight excluding hydrogens is 264 g/mol. The summed E-state index contributed by atoms with van der Waals surface area (Å²) in [7, 11) is 0. The molecule has 4 nitrogen and oxygen atoms in total. The zero-order chi connectivity index (χ0) is 14.8. The lowest BCUT2D eigenvalue weighted by atomic mass is 10.0. The average molecular weight is 282 g/mol. The van der Waals surface area contributed by atoms with Gasteiger partial charge in [0.05, 0.1) is 11.8 Å². The maximum atomic E-state index is 12.4. The fourth-order valence-corrected chi connectivity index (χ4v) is 2.55. The van der Waals surface area contributed by atoms with Gasteiger partial charge in [0.1, 0.15) is 5.69 Å². The van der Waals surface area contributed by atoms with E-state index in [1.54, 1.807) is 12.3 Å². The van der Waals surface area contributed by atoms with E-state index in [9.17, 15) is 4.79 Å². The zero-order valence-corrected chi connectivity index (χ0v) is 12.2. The topological polar surface area (TPSA) is 58.0 Å². The number of carbonyl (C=O) groups excluding carboxylic acids is 1. The van der Waals surface area contributed by atoms with Gasteiger partial charge in [0.25, 0.3) is 5.91 Å². The molecule has 2 heterocycles. The predicted molar refractivity (Wildman–Crippen MR) is 83.7 cm³/mol. The third-order valence-corrected chi connectivity index (χ3v) is 3.72. The summed E-state index contributed by atoms with van der Waals surface area (Å²) in [6.07, 6.45) is 3.37. The molecule has 0 bridgehead atoms. The molecule has 21 heavy (non-hydrogen) atoms. The van der Waals surface area contributed by atoms with E-state index in [0.29, 0.717) is 11.3 Å². The number of benzene rings is 1. The second kappa shape index (κ2) is 5.48. The number of rotatable bonds is 4. The Morgan fingerprint density at radius 3 is 2.52 bits per heavy atom. The van der Waals surface area contributed by atoms with E-state index in [1.165, 1.54) is 0 Å². The van der Waals surface area contributed by atoms with Crippen molar-refractivity contribution < 1.29 is 9.21 Å². The number of hydrogen-bond acceptors (Lipinski definition) is 2. The van der Waals surface area contributed by atoms with Crippen molar-refractivity contribution in [2.45, 2.75) is 26.7 Å². The number of aromatic amines is 1. The van der Waals surface area contributed by atoms with Crippen LogP contribution in [0.1, 0.15) is 35.5 Å². The Kier molecular flexibility index (Phi) is 3.52. The third-order valence-electron chi connectivity index (χ3n) is 3.72. The summed E-state index contributed by atoms with van der Waals surface area (Å²) in [6.45, 7) is 4.18. The van der Waals surface area contributed by atoms with Gasteiger partial charge >= 0.3 is 0 Å². The van der Waals surface area contributed by atoms with Gasteiger partial charge in [-0.2, -0.15) is 0 Å². The summed E-state index contributed by atoms with van der Waals surface area (Å²) < 4.78 is 5.28. The standard InChI is InChI=1S/C17H18N2O2/c1-3-11-6-5-7-12(4-2)16(11)19-17(20)14-10-15-13(18-14)8-9-21-15/h5-10,18H,3-4H2,1-2H3,(H,19,20). The summed E-state index contributed by atoms with van der Waals surface area (Å²) in [5.41, 5.74) is 5.27. The summed E-state index contributed by atoms with van der Waals surface area (Å²) in [5, 5.41) is 3.04. The van der Waals surface area contributed by atoms with Crippen molar-refractivity contribution in [2.24, 2.45) is 0 Å². The summed E-state index contributed by atoms with van der Waals surface area (Å²) in [4.78, 5) is 15.5. The van der Waals surface area contributed by atoms with Crippen LogP contribution in [-0.2, 0) is 12.8 Å². The van der Waals surface area contributed by atoms with Crippen LogP contribution in [0.25, 0.3) is 11.1 Å². The number of anilines is 1. The number of nitrogens with one attached hydrogen (secondary N) is 2. The number of aromatic nitrogens is 1. The molecule has 2 N–H and O–H groups in total. The largest absolute Gasteiger partial charge is 0.463 e. The van der Waals surface area contributed by atoms with E-state index in [2.05, 4.69) is 36.3 Å². The van der Waals surface area contributed by atoms with Crippen molar-refractivity contribution in [1.82, 2.24) is 4.98 Å². The smallest absolute Gasteiger partial charge is 0.272 e. The van der Waals surface area contributed by atoms with Gasteiger partial charge in [0.15, 0.2) is 5.58 Å². The van der Waals surface area contributed by atoms with Crippen LogP contribution in [0.3, 0.4) is 0 Å². The fraction of sp³-hybridized carbons (Fsp3) is 0.235. The number of carbonyl (C=O) groups is 1. The van der Waals surface area contributed by atoms with Gasteiger partial charge < -0.3 is 14.7 Å². The zero-order valence-electron chi connectivity index (χ0n) is 12.2. The molecule has 0 saturated heterocycles. The van der Waals surface area contributed by atoms with Crippen LogP contribution in [0.2, 0.25) is 0 Å². The molecule has 0 aliphatic heterocycles. The highest BCUT2D eigenvalue weighted by atomic mass is 16.3. The lowest BCUT2D eigenvalue weighted by Crippen LogP contribution is -2.15. The molecule has 108 valence electrons. The Morgan fingerprint density at radius 1 is 1.19 bits per heavy atom. The molecule has 0 saturated carbocycles. The van der Waals surface area contributed by atoms with Crippen molar-refractivity contribution in [2.75, 3.05) is 5.32 Å². The van der Waals surface area contributed by atoms with Crippen LogP contribution in [0, 0.1) is 0 Å². The van der Waals surface area contributed by atoms with E-state index in [-0.39, 0.29) is 5.91 Å². The normalized spacial score (nSPS) is 11.0. The van der Waals surface area contributed by atoms with Crippen molar-refractivity contribution in [1.29, 1.82) is 0 Å². The highest BCUT2D eigenvalue weighted by Gasteiger charge is 2.14. The summed E-state index contributed by atoms with van der Waals surface area (Å²) >= 11 is 0. The van der Waals surface area contributed by atoms with Crippen molar-refractivity contribution >= 4 is 22.7 Å². The molecule has 1 aromatic carbocycles. The van der Waals surface area contributed by atoms with Crippen LogP contribution >= 0.6 is 0 Å². The molecular formula is C17H18N2O2. The lowest BCUT2D eigenvalue weighted by Gasteiger charge is -2.13. The number of amides is 1. The molecule has 1 amide bonds. The van der Waals surface area contributed by atoms with E-state index < -0.39 is 0 Å². The number of aryl methyl sites for hydroxylation is 2. The maximum Gasteiger partial charge on any atom is 0.272 e. The third kappa shape index (κ3) is 2.44. The molecule has 0 radical (unpaired) electrons. The number of hydrogen-bond donors (Lipinski definition) is 2. The van der Waals surface area contributed by atoms with Crippen molar-refractivity contribution in [3.8, 4) is 0 Å². The van der Waals surface area contributed by atoms with E-state index in [1.807, 2.05) is 12.1 Å². The second-order valence-electron chi connectivity index (χ2n) is 4.99. The van der Waals surface area contributed by atoms with Crippen LogP contribution < -0.4 is 5.32 Å². The molecule has 0 unspecified atom stereocenters. The second-order valence-corrected chi connectivity index (χ2v) is 4.99. The summed E-state index contributed by atoms with van der Waals surface area (Å²) in [5.74, 6) is -0.142. The monoisotopic (exact) mass is 282 g/mol. The Hall–Kier alpha value is -2.49. The molecule has 2 aromatic heterocycles. The van der Waals surface area contributed by atoms with Crippen molar-refractivity contribution in [3.63, 3.8) is 0 Å². The van der Waals surface area contributed by atoms with Gasteiger partial charge in [-0.15, -0.1) is 0 Å². The number of para-hydroxylation sites is 1. The highest BCUT2D eigenvalue weighted by Crippen LogP contribution is 2.24. The van der Waals surface area contributed by atoms with Gasteiger partial charge in [-0.25, -0.2) is 0 Å². The molecule has 3 aromatic rings. The highest BCUT2D eigenvalue weighted by molar-refractivity contribution is 6.06. The minimum atomic E-state index is -0.142. The fourth-order valence-electron chi connectivity index (χ4n) is 2.55. The van der Waals surface area contributed by atoms with Gasteiger partial charge in [0.2, 0.25) is 0 Å². The molecule has 0 aliphatic carbocycles. The molecule has 3 rings (SSSR count). The first-order valence-corrected chi connectivity index (χ1v) is 7.21. The Balaban J connectivity index is 1.92. The van der Waals surface area contributed by atoms with E-state index in [4.69, 9.17) is 4.42 Å². The van der Waals surface area contributed by atoms with Gasteiger partial charge in [-0.05, 0) is 24.0 Å². The first-order valence-electron chi connectivity index (χ1n) is 7.21. The van der Waals surface area contributed by atoms with E-state index in [0.717, 1.165) is 35.2 Å². The summed E-state index contributed by atoms with van der Waals surface area (Å²) in [6, 6.07) is 9.67. The first-order chi connectivity index (χ1) is 10.2. The van der Waals surface area contributed by atoms with Gasteiger partial charge in [-0.3, -0.25) is 4.79 Å². The molecule has 0 atom stereocenters. The average Bonchev–Trinajstić information content (AvgIpc) is 3.08. The maximum absolute atomic E-state index is 12.4. The van der Waals surface area contributed by atoms with Crippen LogP contribution in [0.5, 0.6) is 0 Å². The molecule has 0 fully saturated rings. The Morgan fingerprint density at radius 2 is 1.90 bits per heavy atom. The Bertz CT molecular complexity index is 732. The molecule has 0 spiro atoms. The van der Waals surface area contributed by atoms with Crippen LogP contribution in [-0.4, -0.2) is 10.9 Å². The SMILES string of the molecule is CCc1cccc(CC)c1NC(=O)c1cc2occc2[nH]1. The number of H-pyrrole nitrogens is 1. The first kappa shape index (κ1) is 13.5. The van der Waals surface area contributed by atoms with E-state index >= 15 is 0 Å². The molecule has 0 aliphatic rings. The minimum absolute atomic E-state index is 0.142. The van der Waals surface area contributed by atoms with Gasteiger partial charge in [0, 0.05) is 17.8 Å². The predicted octanol–water partition coefficient (Wildman–Crippen LogP) is 4.14. The minimum Gasteiger partial charge on any atom is -0.463 e. The Labute approximate surface area is 123 Å². The quantitative estimate of drug-likeness (QED) is 0.755. The van der Waals surface area contributed by atoms with Crippen LogP contribution in [0.15, 0.2) is 41.0 Å². The number of furan rings is 1. The van der Waals surface area contributed by atoms with Crippen molar-refractivity contribution in [3.05, 3.63) is 53.4 Å². The molecule has 4 heteroatoms. The van der Waals surface area contributed by atoms with Crippen LogP contribution in [0.4, 0.5) is 5.69 Å². The van der Waals surface area contributed by atoms with Gasteiger partial charge in [-0.1, -0.05) is 32.0 Å².